The molecule has 0 aliphatic heterocycles. The summed E-state index contributed by atoms with van der Waals surface area (Å²) in [6, 6.07) is 6.95. The molecular formula is C18H19ClN6O4. The van der Waals surface area contributed by atoms with Crippen LogP contribution in [0.15, 0.2) is 41.2 Å². The van der Waals surface area contributed by atoms with Crippen molar-refractivity contribution in [3.63, 3.8) is 0 Å². The van der Waals surface area contributed by atoms with Crippen LogP contribution in [0.5, 0.6) is 5.75 Å². The summed E-state index contributed by atoms with van der Waals surface area (Å²) < 4.78 is 11.9. The molecule has 2 aromatic heterocycles. The molecule has 3 aromatic rings. The van der Waals surface area contributed by atoms with Crippen molar-refractivity contribution >= 4 is 23.4 Å². The molecular weight excluding hydrogens is 400 g/mol. The summed E-state index contributed by atoms with van der Waals surface area (Å²) in [4.78, 5) is 28.4. The minimum absolute atomic E-state index is 0.175. The number of carbonyl (C=O) groups is 2. The van der Waals surface area contributed by atoms with Gasteiger partial charge < -0.3 is 19.9 Å². The SMILES string of the molecule is CCOc1ccccc1C(=O)NCCNC(=O)c1nc(Cn2cc(Cl)cn2)no1. The Kier molecular flexibility index (Phi) is 6.80. The van der Waals surface area contributed by atoms with Gasteiger partial charge in [0.1, 0.15) is 12.3 Å². The molecule has 0 unspecified atom stereocenters. The molecule has 1 aromatic carbocycles. The van der Waals surface area contributed by atoms with Crippen molar-refractivity contribution in [1.29, 1.82) is 0 Å². The van der Waals surface area contributed by atoms with Crippen molar-refractivity contribution in [3.05, 3.63) is 59.0 Å². The normalized spacial score (nSPS) is 10.6. The van der Waals surface area contributed by atoms with Crippen LogP contribution < -0.4 is 15.4 Å². The number of halogens is 1. The molecule has 0 saturated heterocycles. The number of benzene rings is 1. The fourth-order valence-electron chi connectivity index (χ4n) is 2.44. The topological polar surface area (TPSA) is 124 Å². The second-order valence-corrected chi connectivity index (χ2v) is 6.25. The predicted molar refractivity (Wildman–Crippen MR) is 103 cm³/mol. The predicted octanol–water partition coefficient (Wildman–Crippen LogP) is 1.53. The molecule has 2 amide bonds. The van der Waals surface area contributed by atoms with Crippen molar-refractivity contribution < 1.29 is 18.8 Å². The van der Waals surface area contributed by atoms with E-state index in [0.29, 0.717) is 22.9 Å². The molecule has 29 heavy (non-hydrogen) atoms. The number of nitrogens with one attached hydrogen (secondary N) is 2. The van der Waals surface area contributed by atoms with Gasteiger partial charge in [0.15, 0.2) is 5.82 Å². The third-order valence-electron chi connectivity index (χ3n) is 3.70. The number of hydrogen-bond acceptors (Lipinski definition) is 7. The second kappa shape index (κ2) is 9.69. The van der Waals surface area contributed by atoms with E-state index in [4.69, 9.17) is 20.9 Å². The highest BCUT2D eigenvalue weighted by Gasteiger charge is 2.16. The molecule has 0 spiro atoms. The quantitative estimate of drug-likeness (QED) is 0.505. The molecule has 11 heteroatoms. The minimum atomic E-state index is -0.536. The third kappa shape index (κ3) is 5.55. The van der Waals surface area contributed by atoms with Crippen molar-refractivity contribution in [3.8, 4) is 5.75 Å². The first kappa shape index (κ1) is 20.3. The first-order valence-electron chi connectivity index (χ1n) is 8.85. The summed E-state index contributed by atoms with van der Waals surface area (Å²) in [5.74, 6) is -0.206. The van der Waals surface area contributed by atoms with Crippen LogP contribution in [0.3, 0.4) is 0 Å². The lowest BCUT2D eigenvalue weighted by atomic mass is 10.2. The summed E-state index contributed by atoms with van der Waals surface area (Å²) >= 11 is 5.79. The van der Waals surface area contributed by atoms with Crippen LogP contribution in [0.2, 0.25) is 5.02 Å². The van der Waals surface area contributed by atoms with E-state index in [1.54, 1.807) is 30.5 Å². The Morgan fingerprint density at radius 1 is 1.21 bits per heavy atom. The Hall–Kier alpha value is -3.40. The zero-order valence-corrected chi connectivity index (χ0v) is 16.3. The molecule has 10 nitrogen and oxygen atoms in total. The van der Waals surface area contributed by atoms with E-state index in [0.717, 1.165) is 0 Å². The first-order valence-corrected chi connectivity index (χ1v) is 9.23. The van der Waals surface area contributed by atoms with Crippen molar-refractivity contribution in [1.82, 2.24) is 30.6 Å². The number of nitrogens with zero attached hydrogens (tertiary/aromatic N) is 4. The number of rotatable bonds is 9. The van der Waals surface area contributed by atoms with Gasteiger partial charge in [-0.05, 0) is 19.1 Å². The zero-order chi connectivity index (χ0) is 20.6. The Bertz CT molecular complexity index is 986. The first-order chi connectivity index (χ1) is 14.1. The second-order valence-electron chi connectivity index (χ2n) is 5.81. The number of amides is 2. The molecule has 0 aliphatic rings. The zero-order valence-electron chi connectivity index (χ0n) is 15.6. The van der Waals surface area contributed by atoms with Gasteiger partial charge in [-0.1, -0.05) is 28.9 Å². The smallest absolute Gasteiger partial charge is 0.316 e. The Balaban J connectivity index is 1.45. The van der Waals surface area contributed by atoms with Gasteiger partial charge in [-0.15, -0.1) is 0 Å². The van der Waals surface area contributed by atoms with Crippen LogP contribution >= 0.6 is 11.6 Å². The highest BCUT2D eigenvalue weighted by Crippen LogP contribution is 2.17. The summed E-state index contributed by atoms with van der Waals surface area (Å²) in [5, 5.41) is 13.5. The van der Waals surface area contributed by atoms with Crippen LogP contribution in [-0.4, -0.2) is 51.4 Å². The van der Waals surface area contributed by atoms with Gasteiger partial charge in [0.25, 0.3) is 5.91 Å². The standard InChI is InChI=1S/C18H19ClN6O4/c1-2-28-14-6-4-3-5-13(14)16(26)20-7-8-21-17(27)18-23-15(24-29-18)11-25-10-12(19)9-22-25/h3-6,9-10H,2,7-8,11H2,1H3,(H,20,26)(H,21,27). The molecule has 0 saturated carbocycles. The largest absolute Gasteiger partial charge is 0.493 e. The number of aromatic nitrogens is 4. The maximum absolute atomic E-state index is 12.3. The van der Waals surface area contributed by atoms with Crippen molar-refractivity contribution in [2.24, 2.45) is 0 Å². The van der Waals surface area contributed by atoms with Gasteiger partial charge in [0, 0.05) is 19.3 Å². The maximum Gasteiger partial charge on any atom is 0.316 e. The molecule has 3 rings (SSSR count). The average molecular weight is 419 g/mol. The van der Waals surface area contributed by atoms with E-state index < -0.39 is 5.91 Å². The number of hydrogen-bond donors (Lipinski definition) is 2. The summed E-state index contributed by atoms with van der Waals surface area (Å²) in [5.41, 5.74) is 0.431. The minimum Gasteiger partial charge on any atom is -0.493 e. The highest BCUT2D eigenvalue weighted by molar-refractivity contribution is 6.30. The lowest BCUT2D eigenvalue weighted by Crippen LogP contribution is -2.35. The number of para-hydroxylation sites is 1. The van der Waals surface area contributed by atoms with Crippen LogP contribution in [0, 0.1) is 0 Å². The Morgan fingerprint density at radius 2 is 1.97 bits per heavy atom. The van der Waals surface area contributed by atoms with Gasteiger partial charge in [-0.25, -0.2) is 0 Å². The third-order valence-corrected chi connectivity index (χ3v) is 3.89. The van der Waals surface area contributed by atoms with Gasteiger partial charge in [0.05, 0.1) is 23.4 Å². The van der Waals surface area contributed by atoms with Gasteiger partial charge >= 0.3 is 11.8 Å². The van der Waals surface area contributed by atoms with Crippen LogP contribution in [0.25, 0.3) is 0 Å². The number of carbonyl (C=O) groups excluding carboxylic acids is 2. The van der Waals surface area contributed by atoms with Gasteiger partial charge in [0.2, 0.25) is 0 Å². The van der Waals surface area contributed by atoms with Crippen LogP contribution in [-0.2, 0) is 6.54 Å². The van der Waals surface area contributed by atoms with E-state index in [1.807, 2.05) is 6.92 Å². The van der Waals surface area contributed by atoms with E-state index in [1.165, 1.54) is 10.9 Å². The summed E-state index contributed by atoms with van der Waals surface area (Å²) in [7, 11) is 0. The molecule has 152 valence electrons. The lowest BCUT2D eigenvalue weighted by molar-refractivity contribution is 0.0897. The Labute approximate surface area is 171 Å². The average Bonchev–Trinajstić information content (AvgIpc) is 3.35. The van der Waals surface area contributed by atoms with E-state index >= 15 is 0 Å². The molecule has 0 atom stereocenters. The monoisotopic (exact) mass is 418 g/mol. The molecule has 2 N–H and O–H groups in total. The molecule has 0 radical (unpaired) electrons. The molecule has 0 fully saturated rings. The van der Waals surface area contributed by atoms with E-state index in [-0.39, 0.29) is 37.3 Å². The fraction of sp³-hybridized carbons (Fsp3) is 0.278. The van der Waals surface area contributed by atoms with E-state index in [9.17, 15) is 9.59 Å². The molecule has 0 aliphatic carbocycles. The van der Waals surface area contributed by atoms with Gasteiger partial charge in [-0.3, -0.25) is 14.3 Å². The van der Waals surface area contributed by atoms with E-state index in [2.05, 4.69) is 25.9 Å². The van der Waals surface area contributed by atoms with Crippen LogP contribution in [0.1, 0.15) is 33.8 Å². The molecule has 0 bridgehead atoms. The summed E-state index contributed by atoms with van der Waals surface area (Å²) in [6.45, 7) is 2.93. The van der Waals surface area contributed by atoms with Gasteiger partial charge in [-0.2, -0.15) is 10.1 Å². The highest BCUT2D eigenvalue weighted by atomic mass is 35.5. The molecule has 2 heterocycles. The number of ether oxygens (including phenoxy) is 1. The fourth-order valence-corrected chi connectivity index (χ4v) is 2.59. The summed E-state index contributed by atoms with van der Waals surface area (Å²) in [6.07, 6.45) is 3.08. The van der Waals surface area contributed by atoms with Crippen LogP contribution in [0.4, 0.5) is 0 Å². The lowest BCUT2D eigenvalue weighted by Gasteiger charge is -2.10. The maximum atomic E-state index is 12.3. The van der Waals surface area contributed by atoms with Crippen molar-refractivity contribution in [2.75, 3.05) is 19.7 Å². The van der Waals surface area contributed by atoms with Crippen molar-refractivity contribution in [2.45, 2.75) is 13.5 Å². The Morgan fingerprint density at radius 3 is 2.69 bits per heavy atom.